The second-order valence-electron chi connectivity index (χ2n) is 3.76. The molecule has 0 aliphatic carbocycles. The van der Waals surface area contributed by atoms with Crippen LogP contribution in [-0.2, 0) is 6.42 Å². The Hall–Kier alpha value is -1.36. The van der Waals surface area contributed by atoms with Crippen LogP contribution in [0.25, 0.3) is 10.9 Å². The third-order valence-corrected chi connectivity index (χ3v) is 3.15. The Morgan fingerprint density at radius 1 is 1.39 bits per heavy atom. The van der Waals surface area contributed by atoms with Crippen molar-refractivity contribution < 1.29 is 9.90 Å². The van der Waals surface area contributed by atoms with Crippen molar-refractivity contribution >= 4 is 40.0 Å². The van der Waals surface area contributed by atoms with Gasteiger partial charge in [-0.05, 0) is 24.6 Å². The number of nitrogens with zero attached hydrogens (tertiary/aromatic N) is 1. The molecule has 0 atom stereocenters. The van der Waals surface area contributed by atoms with E-state index in [-0.39, 0.29) is 23.7 Å². The summed E-state index contributed by atoms with van der Waals surface area (Å²) in [5, 5.41) is 10.2. The van der Waals surface area contributed by atoms with Crippen LogP contribution >= 0.6 is 23.2 Å². The molecule has 1 aromatic heterocycles. The first-order chi connectivity index (χ1) is 8.54. The quantitative estimate of drug-likeness (QED) is 0.848. The van der Waals surface area contributed by atoms with E-state index in [1.807, 2.05) is 0 Å². The zero-order valence-corrected chi connectivity index (χ0v) is 10.8. The van der Waals surface area contributed by atoms with Gasteiger partial charge in [-0.25, -0.2) is 4.98 Å². The number of aliphatic hydroxyl groups excluding tert-OH is 1. The minimum Gasteiger partial charge on any atom is -0.396 e. The largest absolute Gasteiger partial charge is 0.396 e. The molecule has 6 heteroatoms. The van der Waals surface area contributed by atoms with Gasteiger partial charge in [-0.3, -0.25) is 4.79 Å². The lowest BCUT2D eigenvalue weighted by molar-refractivity contribution is 0.100. The molecular formula is C12H10Cl2N2O2. The maximum Gasteiger partial charge on any atom is 0.249 e. The first-order valence-corrected chi connectivity index (χ1v) is 5.98. The van der Waals surface area contributed by atoms with Crippen LogP contribution in [0.1, 0.15) is 15.9 Å². The summed E-state index contributed by atoms with van der Waals surface area (Å²) in [7, 11) is 0. The summed E-state index contributed by atoms with van der Waals surface area (Å²) in [5.41, 5.74) is 6.63. The zero-order valence-electron chi connectivity index (χ0n) is 9.28. The second-order valence-corrected chi connectivity index (χ2v) is 4.55. The smallest absolute Gasteiger partial charge is 0.249 e. The minimum atomic E-state index is -0.616. The number of carbonyl (C=O) groups excluding carboxylic acids is 1. The van der Waals surface area contributed by atoms with Gasteiger partial charge in [0.25, 0.3) is 0 Å². The number of hydrogen-bond donors (Lipinski definition) is 2. The normalized spacial score (nSPS) is 10.8. The number of benzene rings is 1. The van der Waals surface area contributed by atoms with E-state index < -0.39 is 5.91 Å². The standard InChI is InChI=1S/C12H10Cl2N2O2/c13-6-1-2-9-8(5-6)10(12(15)18)7(3-4-17)11(14)16-9/h1-2,5,17H,3-4H2,(H2,15,18). The predicted octanol–water partition coefficient (Wildman–Crippen LogP) is 2.18. The number of nitrogens with two attached hydrogens (primary N) is 1. The van der Waals surface area contributed by atoms with Crippen molar-refractivity contribution in [3.05, 3.63) is 39.5 Å². The molecule has 2 rings (SSSR count). The van der Waals surface area contributed by atoms with E-state index in [0.717, 1.165) is 0 Å². The SMILES string of the molecule is NC(=O)c1c(CCO)c(Cl)nc2ccc(Cl)cc12. The van der Waals surface area contributed by atoms with Crippen LogP contribution in [0, 0.1) is 0 Å². The third kappa shape index (κ3) is 2.27. The fraction of sp³-hybridized carbons (Fsp3) is 0.167. The van der Waals surface area contributed by atoms with Crippen LogP contribution in [0.5, 0.6) is 0 Å². The van der Waals surface area contributed by atoms with Gasteiger partial charge in [0, 0.05) is 22.6 Å². The van der Waals surface area contributed by atoms with Crippen LogP contribution < -0.4 is 5.73 Å². The maximum absolute atomic E-state index is 11.6. The lowest BCUT2D eigenvalue weighted by Gasteiger charge is -2.11. The van der Waals surface area contributed by atoms with Crippen molar-refractivity contribution in [2.45, 2.75) is 6.42 Å². The summed E-state index contributed by atoms with van der Waals surface area (Å²) in [5.74, 6) is -0.616. The third-order valence-electron chi connectivity index (χ3n) is 2.61. The van der Waals surface area contributed by atoms with E-state index in [0.29, 0.717) is 21.5 Å². The Labute approximate surface area is 113 Å². The maximum atomic E-state index is 11.6. The number of amides is 1. The number of aliphatic hydroxyl groups is 1. The summed E-state index contributed by atoms with van der Waals surface area (Å²) in [4.78, 5) is 15.8. The van der Waals surface area contributed by atoms with Gasteiger partial charge in [0.15, 0.2) is 0 Å². The van der Waals surface area contributed by atoms with Crippen LogP contribution in [0.15, 0.2) is 18.2 Å². The molecule has 0 saturated carbocycles. The van der Waals surface area contributed by atoms with Gasteiger partial charge < -0.3 is 10.8 Å². The Kier molecular flexibility index (Phi) is 3.71. The van der Waals surface area contributed by atoms with Crippen LogP contribution in [0.2, 0.25) is 10.2 Å². The molecular weight excluding hydrogens is 275 g/mol. The van der Waals surface area contributed by atoms with Gasteiger partial charge in [-0.1, -0.05) is 23.2 Å². The highest BCUT2D eigenvalue weighted by atomic mass is 35.5. The molecule has 4 nitrogen and oxygen atoms in total. The molecule has 0 spiro atoms. The molecule has 2 aromatic rings. The van der Waals surface area contributed by atoms with Gasteiger partial charge in [0.2, 0.25) is 5.91 Å². The Morgan fingerprint density at radius 3 is 2.72 bits per heavy atom. The molecule has 0 aliphatic rings. The van der Waals surface area contributed by atoms with Crippen LogP contribution in [0.3, 0.4) is 0 Å². The monoisotopic (exact) mass is 284 g/mol. The summed E-state index contributed by atoms with van der Waals surface area (Å²) in [6, 6.07) is 4.93. The van der Waals surface area contributed by atoms with E-state index in [9.17, 15) is 4.79 Å². The number of halogens is 2. The first kappa shape index (κ1) is 13.1. The number of carbonyl (C=O) groups is 1. The fourth-order valence-corrected chi connectivity index (χ4v) is 2.32. The number of aromatic nitrogens is 1. The Bertz CT molecular complexity index is 629. The molecule has 0 saturated heterocycles. The molecule has 0 bridgehead atoms. The first-order valence-electron chi connectivity index (χ1n) is 5.23. The summed E-state index contributed by atoms with van der Waals surface area (Å²) < 4.78 is 0. The second kappa shape index (κ2) is 5.10. The Morgan fingerprint density at radius 2 is 2.11 bits per heavy atom. The number of pyridine rings is 1. The highest BCUT2D eigenvalue weighted by Gasteiger charge is 2.17. The average molecular weight is 285 g/mol. The summed E-state index contributed by atoms with van der Waals surface area (Å²) in [6.45, 7) is -0.145. The average Bonchev–Trinajstić information content (AvgIpc) is 2.30. The molecule has 1 amide bonds. The van der Waals surface area contributed by atoms with E-state index in [1.165, 1.54) is 0 Å². The minimum absolute atomic E-state index is 0.145. The summed E-state index contributed by atoms with van der Waals surface area (Å²) >= 11 is 11.9. The fourth-order valence-electron chi connectivity index (χ4n) is 1.87. The molecule has 1 aromatic carbocycles. The van der Waals surface area contributed by atoms with E-state index in [4.69, 9.17) is 34.0 Å². The molecule has 0 aliphatic heterocycles. The molecule has 0 radical (unpaired) electrons. The molecule has 94 valence electrons. The number of hydrogen-bond acceptors (Lipinski definition) is 3. The molecule has 3 N–H and O–H groups in total. The topological polar surface area (TPSA) is 76.2 Å². The van der Waals surface area contributed by atoms with E-state index in [2.05, 4.69) is 4.98 Å². The van der Waals surface area contributed by atoms with Gasteiger partial charge in [-0.2, -0.15) is 0 Å². The van der Waals surface area contributed by atoms with Crippen molar-refractivity contribution in [2.24, 2.45) is 5.73 Å². The highest BCUT2D eigenvalue weighted by molar-refractivity contribution is 6.33. The van der Waals surface area contributed by atoms with E-state index in [1.54, 1.807) is 18.2 Å². The van der Waals surface area contributed by atoms with Crippen molar-refractivity contribution in [3.8, 4) is 0 Å². The van der Waals surface area contributed by atoms with Crippen LogP contribution in [0.4, 0.5) is 0 Å². The zero-order chi connectivity index (χ0) is 13.3. The molecule has 0 fully saturated rings. The molecule has 0 unspecified atom stereocenters. The van der Waals surface area contributed by atoms with Gasteiger partial charge in [0.1, 0.15) is 5.15 Å². The number of fused-ring (bicyclic) bond motifs is 1. The van der Waals surface area contributed by atoms with Crippen molar-refractivity contribution in [2.75, 3.05) is 6.61 Å². The lowest BCUT2D eigenvalue weighted by atomic mass is 10.0. The van der Waals surface area contributed by atoms with Crippen molar-refractivity contribution in [1.29, 1.82) is 0 Å². The lowest BCUT2D eigenvalue weighted by Crippen LogP contribution is -2.16. The van der Waals surface area contributed by atoms with Crippen LogP contribution in [-0.4, -0.2) is 22.6 Å². The molecule has 18 heavy (non-hydrogen) atoms. The number of rotatable bonds is 3. The predicted molar refractivity (Wildman–Crippen MR) is 71.1 cm³/mol. The summed E-state index contributed by atoms with van der Waals surface area (Å²) in [6.07, 6.45) is 0.215. The van der Waals surface area contributed by atoms with Gasteiger partial charge in [0.05, 0.1) is 11.1 Å². The number of primary amides is 1. The highest BCUT2D eigenvalue weighted by Crippen LogP contribution is 2.28. The van der Waals surface area contributed by atoms with Gasteiger partial charge in [-0.15, -0.1) is 0 Å². The van der Waals surface area contributed by atoms with Crippen molar-refractivity contribution in [1.82, 2.24) is 4.98 Å². The van der Waals surface area contributed by atoms with Gasteiger partial charge >= 0.3 is 0 Å². The van der Waals surface area contributed by atoms with Crippen molar-refractivity contribution in [3.63, 3.8) is 0 Å². The Balaban J connectivity index is 2.86. The van der Waals surface area contributed by atoms with E-state index >= 15 is 0 Å². The molecule has 1 heterocycles.